The number of Topliss-reactive ketones (excluding diaryl/α,β-unsaturated/α-hetero) is 1. The van der Waals surface area contributed by atoms with Crippen molar-refractivity contribution in [3.8, 4) is 11.4 Å². The number of hydrogen-bond donors (Lipinski definition) is 0. The smallest absolute Gasteiger partial charge is 0.202 e. The van der Waals surface area contributed by atoms with E-state index < -0.39 is 0 Å². The van der Waals surface area contributed by atoms with Crippen molar-refractivity contribution < 1.29 is 9.53 Å². The van der Waals surface area contributed by atoms with Gasteiger partial charge in [0, 0.05) is 27.1 Å². The summed E-state index contributed by atoms with van der Waals surface area (Å²) in [7, 11) is 0. The highest BCUT2D eigenvalue weighted by atomic mass is 79.9. The summed E-state index contributed by atoms with van der Waals surface area (Å²) in [4.78, 5) is 12.7. The van der Waals surface area contributed by atoms with Crippen LogP contribution in [0.3, 0.4) is 0 Å². The first-order valence-corrected chi connectivity index (χ1v) is 9.41. The standard InChI is InChI=1S/C21H19BrClNO2/c1-13-4-7-17(8-5-13)24-14(2)10-18(15(24)3)20(25)12-26-21-9-6-16(22)11-19(21)23/h4-11H,12H2,1-3H3. The van der Waals surface area contributed by atoms with E-state index in [1.807, 2.05) is 26.0 Å². The summed E-state index contributed by atoms with van der Waals surface area (Å²) in [6, 6.07) is 15.5. The molecule has 0 fully saturated rings. The Morgan fingerprint density at radius 1 is 1.08 bits per heavy atom. The van der Waals surface area contributed by atoms with Gasteiger partial charge in [0.05, 0.1) is 5.02 Å². The number of carbonyl (C=O) groups is 1. The molecule has 134 valence electrons. The van der Waals surface area contributed by atoms with Gasteiger partial charge in [0.1, 0.15) is 5.75 Å². The molecule has 0 bridgehead atoms. The topological polar surface area (TPSA) is 31.2 Å². The molecule has 1 heterocycles. The number of carbonyl (C=O) groups excluding carboxylic acids is 1. The van der Waals surface area contributed by atoms with Gasteiger partial charge >= 0.3 is 0 Å². The van der Waals surface area contributed by atoms with Crippen molar-refractivity contribution in [3.05, 3.63) is 80.5 Å². The van der Waals surface area contributed by atoms with E-state index in [9.17, 15) is 4.79 Å². The quantitative estimate of drug-likeness (QED) is 0.457. The number of nitrogens with zero attached hydrogens (tertiary/aromatic N) is 1. The molecular weight excluding hydrogens is 414 g/mol. The van der Waals surface area contributed by atoms with Crippen LogP contribution >= 0.6 is 27.5 Å². The Balaban J connectivity index is 1.82. The van der Waals surface area contributed by atoms with E-state index in [-0.39, 0.29) is 12.4 Å². The number of ether oxygens (including phenoxy) is 1. The lowest BCUT2D eigenvalue weighted by Crippen LogP contribution is -2.13. The molecule has 26 heavy (non-hydrogen) atoms. The third kappa shape index (κ3) is 3.87. The van der Waals surface area contributed by atoms with Crippen molar-refractivity contribution in [1.29, 1.82) is 0 Å². The van der Waals surface area contributed by atoms with E-state index >= 15 is 0 Å². The third-order valence-corrected chi connectivity index (χ3v) is 5.07. The van der Waals surface area contributed by atoms with Crippen molar-refractivity contribution in [2.75, 3.05) is 6.61 Å². The molecule has 0 aliphatic carbocycles. The average molecular weight is 433 g/mol. The predicted molar refractivity (Wildman–Crippen MR) is 109 cm³/mol. The predicted octanol–water partition coefficient (Wildman–Crippen LogP) is 6.08. The van der Waals surface area contributed by atoms with E-state index in [0.717, 1.165) is 21.5 Å². The molecule has 0 atom stereocenters. The Kier molecular flexibility index (Phi) is 5.54. The fourth-order valence-corrected chi connectivity index (χ4v) is 3.68. The molecule has 2 aromatic carbocycles. The molecule has 0 radical (unpaired) electrons. The molecule has 0 aliphatic rings. The van der Waals surface area contributed by atoms with Gasteiger partial charge in [-0.3, -0.25) is 4.79 Å². The fraction of sp³-hybridized carbons (Fsp3) is 0.190. The van der Waals surface area contributed by atoms with Gasteiger partial charge in [-0.2, -0.15) is 0 Å². The van der Waals surface area contributed by atoms with E-state index in [2.05, 4.69) is 51.7 Å². The van der Waals surface area contributed by atoms with Crippen molar-refractivity contribution >= 4 is 33.3 Å². The maximum absolute atomic E-state index is 12.7. The number of halogens is 2. The maximum atomic E-state index is 12.7. The monoisotopic (exact) mass is 431 g/mol. The molecule has 0 amide bonds. The van der Waals surface area contributed by atoms with Crippen molar-refractivity contribution in [3.63, 3.8) is 0 Å². The Labute approximate surface area is 166 Å². The maximum Gasteiger partial charge on any atom is 0.202 e. The molecule has 5 heteroatoms. The lowest BCUT2D eigenvalue weighted by atomic mass is 10.1. The SMILES string of the molecule is Cc1ccc(-n2c(C)cc(C(=O)COc3ccc(Br)cc3Cl)c2C)cc1. The van der Waals surface area contributed by atoms with Crippen LogP contribution in [-0.4, -0.2) is 17.0 Å². The summed E-state index contributed by atoms with van der Waals surface area (Å²) in [5.74, 6) is 0.422. The molecule has 3 nitrogen and oxygen atoms in total. The van der Waals surface area contributed by atoms with Crippen molar-refractivity contribution in [2.45, 2.75) is 20.8 Å². The number of aryl methyl sites for hydroxylation is 2. The molecule has 0 unspecified atom stereocenters. The van der Waals surface area contributed by atoms with Crippen molar-refractivity contribution in [2.24, 2.45) is 0 Å². The first-order chi connectivity index (χ1) is 12.4. The van der Waals surface area contributed by atoms with Gasteiger partial charge in [0.2, 0.25) is 5.78 Å². The van der Waals surface area contributed by atoms with E-state index in [0.29, 0.717) is 16.3 Å². The molecule has 0 spiro atoms. The van der Waals surface area contributed by atoms with Gasteiger partial charge in [-0.05, 0) is 57.2 Å². The second-order valence-electron chi connectivity index (χ2n) is 6.24. The lowest BCUT2D eigenvalue weighted by Gasteiger charge is -2.11. The third-order valence-electron chi connectivity index (χ3n) is 4.28. The van der Waals surface area contributed by atoms with E-state index in [1.54, 1.807) is 12.1 Å². The molecular formula is C21H19BrClNO2. The minimum Gasteiger partial charge on any atom is -0.484 e. The average Bonchev–Trinajstić information content (AvgIpc) is 2.89. The number of aromatic nitrogens is 1. The number of rotatable bonds is 5. The Bertz CT molecular complexity index is 961. The Hall–Kier alpha value is -2.04. The van der Waals surface area contributed by atoms with E-state index in [4.69, 9.17) is 16.3 Å². The fourth-order valence-electron chi connectivity index (χ4n) is 2.95. The summed E-state index contributed by atoms with van der Waals surface area (Å²) < 4.78 is 8.57. The van der Waals surface area contributed by atoms with Gasteiger partial charge in [-0.15, -0.1) is 0 Å². The zero-order valence-electron chi connectivity index (χ0n) is 14.8. The molecule has 1 aromatic heterocycles. The first-order valence-electron chi connectivity index (χ1n) is 8.24. The highest BCUT2D eigenvalue weighted by Crippen LogP contribution is 2.28. The van der Waals surface area contributed by atoms with Crippen LogP contribution in [0, 0.1) is 20.8 Å². The van der Waals surface area contributed by atoms with Crippen LogP contribution in [0.2, 0.25) is 5.02 Å². The number of benzene rings is 2. The molecule has 3 rings (SSSR count). The largest absolute Gasteiger partial charge is 0.484 e. The highest BCUT2D eigenvalue weighted by molar-refractivity contribution is 9.10. The number of hydrogen-bond acceptors (Lipinski definition) is 2. The van der Waals surface area contributed by atoms with Crippen LogP contribution in [0.25, 0.3) is 5.69 Å². The summed E-state index contributed by atoms with van der Waals surface area (Å²) >= 11 is 9.49. The van der Waals surface area contributed by atoms with Crippen LogP contribution in [0.5, 0.6) is 5.75 Å². The number of ketones is 1. The molecule has 0 N–H and O–H groups in total. The van der Waals surface area contributed by atoms with Crippen LogP contribution in [0.4, 0.5) is 0 Å². The van der Waals surface area contributed by atoms with Gasteiger partial charge in [0.15, 0.2) is 6.61 Å². The molecule has 0 aliphatic heterocycles. The summed E-state index contributed by atoms with van der Waals surface area (Å²) in [5, 5.41) is 0.470. The Morgan fingerprint density at radius 3 is 2.42 bits per heavy atom. The second-order valence-corrected chi connectivity index (χ2v) is 7.57. The van der Waals surface area contributed by atoms with Gasteiger partial charge in [0.25, 0.3) is 0 Å². The van der Waals surface area contributed by atoms with Crippen molar-refractivity contribution in [1.82, 2.24) is 4.57 Å². The van der Waals surface area contributed by atoms with Crippen LogP contribution in [-0.2, 0) is 0 Å². The van der Waals surface area contributed by atoms with Crippen LogP contribution < -0.4 is 4.74 Å². The second kappa shape index (κ2) is 7.68. The van der Waals surface area contributed by atoms with Crippen LogP contribution in [0.15, 0.2) is 53.0 Å². The normalized spacial score (nSPS) is 10.8. The minimum atomic E-state index is -0.0737. The zero-order valence-corrected chi connectivity index (χ0v) is 17.2. The van der Waals surface area contributed by atoms with Gasteiger partial charge in [-0.1, -0.05) is 45.2 Å². The molecule has 0 saturated carbocycles. The lowest BCUT2D eigenvalue weighted by molar-refractivity contribution is 0.0921. The Morgan fingerprint density at radius 2 is 1.77 bits per heavy atom. The van der Waals surface area contributed by atoms with Gasteiger partial charge in [-0.25, -0.2) is 0 Å². The first kappa shape index (κ1) is 18.7. The molecule has 3 aromatic rings. The summed E-state index contributed by atoms with van der Waals surface area (Å²) in [6.45, 7) is 5.95. The zero-order chi connectivity index (χ0) is 18.8. The minimum absolute atomic E-state index is 0.0560. The highest BCUT2D eigenvalue weighted by Gasteiger charge is 2.17. The summed E-state index contributed by atoms with van der Waals surface area (Å²) in [5.41, 5.74) is 4.82. The molecule has 0 saturated heterocycles. The van der Waals surface area contributed by atoms with Gasteiger partial charge < -0.3 is 9.30 Å². The van der Waals surface area contributed by atoms with E-state index in [1.165, 1.54) is 5.56 Å². The summed E-state index contributed by atoms with van der Waals surface area (Å²) in [6.07, 6.45) is 0. The van der Waals surface area contributed by atoms with Crippen LogP contribution in [0.1, 0.15) is 27.3 Å².